The number of allylic oxidation sites excluding steroid dienone is 1. The fourth-order valence-electron chi connectivity index (χ4n) is 4.05. The Balaban J connectivity index is 1.48. The molecule has 30 heavy (non-hydrogen) atoms. The minimum atomic E-state index is -0.869. The molecule has 0 bridgehead atoms. The molecule has 0 N–H and O–H groups in total. The Bertz CT molecular complexity index is 1100. The lowest BCUT2D eigenvalue weighted by molar-refractivity contribution is 0.507. The van der Waals surface area contributed by atoms with E-state index in [-0.39, 0.29) is 5.82 Å². The second-order valence-electron chi connectivity index (χ2n) is 8.05. The van der Waals surface area contributed by atoms with Gasteiger partial charge in [-0.2, -0.15) is 0 Å². The van der Waals surface area contributed by atoms with Crippen molar-refractivity contribution in [2.45, 2.75) is 45.4 Å². The first-order valence-corrected chi connectivity index (χ1v) is 10.6. The van der Waals surface area contributed by atoms with Gasteiger partial charge < -0.3 is 0 Å². The standard InChI is InChI=1S/C27H25F3/c1-2-3-4-19-13-21-10-11-22(16-24(21)14-19)23-9-8-20(26(29)17-23)7-5-18-6-12-25(28)27(30)15-18/h6,8-12,14-17H,2-5,7,13H2,1H3. The van der Waals surface area contributed by atoms with E-state index in [1.807, 2.05) is 6.07 Å². The maximum absolute atomic E-state index is 14.7. The van der Waals surface area contributed by atoms with Gasteiger partial charge in [0.05, 0.1) is 0 Å². The predicted molar refractivity (Wildman–Crippen MR) is 117 cm³/mol. The van der Waals surface area contributed by atoms with Crippen LogP contribution in [0.3, 0.4) is 0 Å². The summed E-state index contributed by atoms with van der Waals surface area (Å²) in [6, 6.07) is 15.5. The molecule has 1 aliphatic carbocycles. The van der Waals surface area contributed by atoms with Crippen molar-refractivity contribution in [3.63, 3.8) is 0 Å². The SMILES string of the molecule is CCCCC1=Cc2cc(-c3ccc(CCc4ccc(F)c(F)c4)c(F)c3)ccc2C1. The van der Waals surface area contributed by atoms with Crippen LogP contribution >= 0.6 is 0 Å². The first kappa shape index (κ1) is 20.5. The van der Waals surface area contributed by atoms with Crippen LogP contribution in [-0.4, -0.2) is 0 Å². The molecule has 0 spiro atoms. The van der Waals surface area contributed by atoms with Crippen molar-refractivity contribution in [1.29, 1.82) is 0 Å². The Kier molecular flexibility index (Phi) is 6.08. The van der Waals surface area contributed by atoms with E-state index < -0.39 is 11.6 Å². The normalized spacial score (nSPS) is 12.7. The molecule has 0 radical (unpaired) electrons. The van der Waals surface area contributed by atoms with E-state index in [1.54, 1.807) is 12.1 Å². The summed E-state index contributed by atoms with van der Waals surface area (Å²) < 4.78 is 41.1. The van der Waals surface area contributed by atoms with Gasteiger partial charge in [-0.05, 0) is 89.8 Å². The highest BCUT2D eigenvalue weighted by molar-refractivity contribution is 5.72. The molecule has 0 fully saturated rings. The van der Waals surface area contributed by atoms with Crippen molar-refractivity contribution in [3.8, 4) is 11.1 Å². The third-order valence-corrected chi connectivity index (χ3v) is 5.83. The van der Waals surface area contributed by atoms with Gasteiger partial charge in [-0.25, -0.2) is 13.2 Å². The van der Waals surface area contributed by atoms with Gasteiger partial charge in [0.1, 0.15) is 5.82 Å². The number of benzene rings is 3. The average Bonchev–Trinajstić information content (AvgIpc) is 3.15. The molecule has 0 unspecified atom stereocenters. The average molecular weight is 406 g/mol. The summed E-state index contributed by atoms with van der Waals surface area (Å²) in [5.41, 5.74) is 7.14. The van der Waals surface area contributed by atoms with Crippen molar-refractivity contribution >= 4 is 6.08 Å². The molecule has 0 saturated carbocycles. The highest BCUT2D eigenvalue weighted by atomic mass is 19.2. The molecular weight excluding hydrogens is 381 g/mol. The Labute approximate surface area is 176 Å². The van der Waals surface area contributed by atoms with Gasteiger partial charge in [-0.15, -0.1) is 0 Å². The molecule has 0 amide bonds. The van der Waals surface area contributed by atoms with Crippen molar-refractivity contribution in [2.24, 2.45) is 0 Å². The summed E-state index contributed by atoms with van der Waals surface area (Å²) in [5.74, 6) is -2.00. The lowest BCUT2D eigenvalue weighted by Gasteiger charge is -2.09. The van der Waals surface area contributed by atoms with Crippen molar-refractivity contribution < 1.29 is 13.2 Å². The lowest BCUT2D eigenvalue weighted by Crippen LogP contribution is -1.97. The third-order valence-electron chi connectivity index (χ3n) is 5.83. The summed E-state index contributed by atoms with van der Waals surface area (Å²) in [4.78, 5) is 0. The molecule has 0 aromatic heterocycles. The number of rotatable bonds is 7. The number of hydrogen-bond donors (Lipinski definition) is 0. The molecule has 0 atom stereocenters. The molecule has 3 heteroatoms. The van der Waals surface area contributed by atoms with Crippen LogP contribution in [0.4, 0.5) is 13.2 Å². The number of fused-ring (bicyclic) bond motifs is 1. The molecule has 3 aromatic rings. The van der Waals surface area contributed by atoms with Gasteiger partial charge in [0.2, 0.25) is 0 Å². The second kappa shape index (κ2) is 8.91. The smallest absolute Gasteiger partial charge is 0.159 e. The van der Waals surface area contributed by atoms with Gasteiger partial charge in [0, 0.05) is 0 Å². The predicted octanol–water partition coefficient (Wildman–Crippen LogP) is 7.69. The van der Waals surface area contributed by atoms with E-state index >= 15 is 0 Å². The van der Waals surface area contributed by atoms with Crippen LogP contribution < -0.4 is 0 Å². The van der Waals surface area contributed by atoms with Crippen molar-refractivity contribution in [1.82, 2.24) is 0 Å². The minimum absolute atomic E-state index is 0.269. The highest BCUT2D eigenvalue weighted by Gasteiger charge is 2.14. The molecular formula is C27H25F3. The molecule has 0 saturated heterocycles. The van der Waals surface area contributed by atoms with Crippen LogP contribution in [0, 0.1) is 17.5 Å². The Morgan fingerprint density at radius 1 is 0.733 bits per heavy atom. The van der Waals surface area contributed by atoms with E-state index in [0.29, 0.717) is 24.0 Å². The van der Waals surface area contributed by atoms with E-state index in [9.17, 15) is 13.2 Å². The van der Waals surface area contributed by atoms with Crippen LogP contribution in [-0.2, 0) is 19.3 Å². The van der Waals surface area contributed by atoms with Crippen LogP contribution in [0.2, 0.25) is 0 Å². The van der Waals surface area contributed by atoms with E-state index in [4.69, 9.17) is 0 Å². The van der Waals surface area contributed by atoms with Gasteiger partial charge in [0.15, 0.2) is 11.6 Å². The molecule has 4 rings (SSSR count). The number of aryl methyl sites for hydroxylation is 2. The Hall–Kier alpha value is -2.81. The van der Waals surface area contributed by atoms with Crippen LogP contribution in [0.5, 0.6) is 0 Å². The topological polar surface area (TPSA) is 0 Å². The van der Waals surface area contributed by atoms with Crippen molar-refractivity contribution in [3.05, 3.63) is 99.9 Å². The number of unbranched alkanes of at least 4 members (excludes halogenated alkanes) is 1. The van der Waals surface area contributed by atoms with Gasteiger partial charge in [0.25, 0.3) is 0 Å². The maximum atomic E-state index is 14.7. The minimum Gasteiger partial charge on any atom is -0.207 e. The summed E-state index contributed by atoms with van der Waals surface area (Å²) in [6.45, 7) is 2.21. The van der Waals surface area contributed by atoms with E-state index in [0.717, 1.165) is 30.0 Å². The molecule has 0 nitrogen and oxygen atoms in total. The van der Waals surface area contributed by atoms with Gasteiger partial charge in [-0.3, -0.25) is 0 Å². The second-order valence-corrected chi connectivity index (χ2v) is 8.05. The Morgan fingerprint density at radius 3 is 2.30 bits per heavy atom. The summed E-state index contributed by atoms with van der Waals surface area (Å²) in [7, 11) is 0. The summed E-state index contributed by atoms with van der Waals surface area (Å²) in [5, 5.41) is 0. The maximum Gasteiger partial charge on any atom is 0.159 e. The summed E-state index contributed by atoms with van der Waals surface area (Å²) >= 11 is 0. The lowest BCUT2D eigenvalue weighted by atomic mass is 9.97. The fourth-order valence-corrected chi connectivity index (χ4v) is 4.05. The highest BCUT2D eigenvalue weighted by Crippen LogP contribution is 2.32. The zero-order valence-corrected chi connectivity index (χ0v) is 17.2. The summed E-state index contributed by atoms with van der Waals surface area (Å²) in [6.07, 6.45) is 7.74. The monoisotopic (exact) mass is 406 g/mol. The van der Waals surface area contributed by atoms with Crippen LogP contribution in [0.25, 0.3) is 17.2 Å². The third kappa shape index (κ3) is 4.51. The first-order chi connectivity index (χ1) is 14.5. The number of halogens is 3. The molecule has 0 aliphatic heterocycles. The molecule has 154 valence electrons. The van der Waals surface area contributed by atoms with E-state index in [2.05, 4.69) is 31.2 Å². The zero-order chi connectivity index (χ0) is 21.1. The quantitative estimate of drug-likeness (QED) is 0.377. The van der Waals surface area contributed by atoms with Crippen LogP contribution in [0.15, 0.2) is 60.2 Å². The van der Waals surface area contributed by atoms with E-state index in [1.165, 1.54) is 41.7 Å². The fraction of sp³-hybridized carbons (Fsp3) is 0.259. The van der Waals surface area contributed by atoms with Gasteiger partial charge in [-0.1, -0.05) is 55.3 Å². The number of hydrogen-bond acceptors (Lipinski definition) is 0. The largest absolute Gasteiger partial charge is 0.207 e. The van der Waals surface area contributed by atoms with Crippen LogP contribution in [0.1, 0.15) is 48.4 Å². The van der Waals surface area contributed by atoms with Gasteiger partial charge >= 0.3 is 0 Å². The molecule has 3 aromatic carbocycles. The Morgan fingerprint density at radius 2 is 1.53 bits per heavy atom. The molecule has 1 aliphatic rings. The zero-order valence-electron chi connectivity index (χ0n) is 17.2. The molecule has 0 heterocycles. The van der Waals surface area contributed by atoms with Crippen molar-refractivity contribution in [2.75, 3.05) is 0 Å². The first-order valence-electron chi connectivity index (χ1n) is 10.6.